The molecule has 4 aromatic rings. The van der Waals surface area contributed by atoms with Gasteiger partial charge in [0.1, 0.15) is 49.6 Å². The van der Waals surface area contributed by atoms with Crippen molar-refractivity contribution < 1.29 is 147 Å². The van der Waals surface area contributed by atoms with Crippen molar-refractivity contribution in [3.05, 3.63) is 97.6 Å². The Kier molecular flexibility index (Phi) is 46.6. The van der Waals surface area contributed by atoms with Crippen LogP contribution < -0.4 is 52.4 Å². The highest BCUT2D eigenvalue weighted by Gasteiger charge is 2.50. The number of methoxy groups -OCH3 is 2. The normalized spacial score (nSPS) is 15.2. The van der Waals surface area contributed by atoms with Gasteiger partial charge < -0.3 is 137 Å². The van der Waals surface area contributed by atoms with E-state index in [2.05, 4.69) is 37.2 Å². The van der Waals surface area contributed by atoms with Gasteiger partial charge in [-0.3, -0.25) is 47.9 Å². The van der Waals surface area contributed by atoms with Gasteiger partial charge in [0, 0.05) is 75.0 Å². The summed E-state index contributed by atoms with van der Waals surface area (Å²) >= 11 is 0. The van der Waals surface area contributed by atoms with Gasteiger partial charge in [-0.15, -0.1) is 0 Å². The minimum absolute atomic E-state index is 0.00866. The first-order chi connectivity index (χ1) is 62.0. The minimum Gasteiger partial charge on any atom is -0.492 e. The highest BCUT2D eigenvalue weighted by Crippen LogP contribution is 2.46. The fraction of sp³-hybridized carbons (Fsp3) is 0.628. The summed E-state index contributed by atoms with van der Waals surface area (Å²) in [5, 5.41) is 30.5. The van der Waals surface area contributed by atoms with Crippen LogP contribution in [0.5, 0.6) is 5.75 Å². The third-order valence-corrected chi connectivity index (χ3v) is 20.0. The van der Waals surface area contributed by atoms with E-state index in [1.54, 1.807) is 33.3 Å². The van der Waals surface area contributed by atoms with Crippen molar-refractivity contribution in [2.75, 3.05) is 250 Å². The van der Waals surface area contributed by atoms with E-state index in [0.29, 0.717) is 179 Å². The van der Waals surface area contributed by atoms with E-state index in [9.17, 15) is 57.8 Å². The molecule has 2 aromatic heterocycles. The predicted molar refractivity (Wildman–Crippen MR) is 453 cm³/mol. The topological polar surface area (TPSA) is 489 Å². The van der Waals surface area contributed by atoms with E-state index in [0.717, 1.165) is 29.9 Å². The first-order valence-electron chi connectivity index (χ1n) is 42.9. The van der Waals surface area contributed by atoms with Crippen LogP contribution in [0.4, 0.5) is 10.1 Å². The molecule has 4 atom stereocenters. The number of anilines is 1. The second-order valence-electron chi connectivity index (χ2n) is 29.7. The Labute approximate surface area is 741 Å². The molecule has 9 amide bonds. The number of hydrogen-bond acceptors (Lipinski definition) is 32. The molecule has 0 saturated heterocycles. The van der Waals surface area contributed by atoms with Crippen LogP contribution in [-0.2, 0) is 149 Å². The number of rotatable bonds is 70. The first kappa shape index (κ1) is 104. The summed E-state index contributed by atoms with van der Waals surface area (Å²) in [6.45, 7) is 14.4. The lowest BCUT2D eigenvalue weighted by Crippen LogP contribution is -2.54. The average Bonchev–Trinajstić information content (AvgIpc) is 1.55. The van der Waals surface area contributed by atoms with Gasteiger partial charge in [-0.2, -0.15) is 0 Å². The van der Waals surface area contributed by atoms with Gasteiger partial charge >= 0.3 is 5.97 Å². The highest BCUT2D eigenvalue weighted by atomic mass is 19.1. The Morgan fingerprint density at radius 1 is 0.523 bits per heavy atom. The van der Waals surface area contributed by atoms with Crippen molar-refractivity contribution in [1.29, 1.82) is 0 Å². The molecule has 4 aliphatic rings. The third-order valence-electron chi connectivity index (χ3n) is 20.0. The maximum Gasteiger partial charge on any atom is 0.343 e. The number of halogens is 1. The molecule has 42 heteroatoms. The number of nitrogens with zero attached hydrogens (tertiary/aromatic N) is 3. The Balaban J connectivity index is 0.755. The number of amides is 9. The number of cyclic esters (lactones) is 1. The number of aryl methyl sites for hydroxylation is 1. The SMILES string of the molecule is COCCOCCOCCOCCOCCOCCOCCOCCNC(=O)c1cc(N2C(=O)C=CC2=O)cc(C(=O)NCCOCCOCCOCCOCCOCCOCCOCCOC)c1OCCCC(=O)N[C@@H](C)C(=O)N[C@@H](C)C(=O)N[C@@H](C)C(=O)NCOCC(=O)NCc1c2c(nc3cc(F)c(C)cc13)-c1cc3c(c(=O)n1C2)COC(=O)[C@]3(O)CC1CC1. The minimum atomic E-state index is -2.04. The van der Waals surface area contributed by atoms with Gasteiger partial charge in [-0.25, -0.2) is 19.1 Å². The number of hydrogen-bond donors (Lipinski definition) is 8. The molecule has 0 radical (unpaired) electrons. The lowest BCUT2D eigenvalue weighted by atomic mass is 9.84. The number of pyridine rings is 2. The second kappa shape index (κ2) is 57.5. The summed E-state index contributed by atoms with van der Waals surface area (Å²) in [6.07, 6.45) is 3.48. The lowest BCUT2D eigenvalue weighted by Gasteiger charge is -2.32. The first-order valence-corrected chi connectivity index (χ1v) is 42.9. The number of carbonyl (C=O) groups is 10. The molecule has 0 unspecified atom stereocenters. The largest absolute Gasteiger partial charge is 0.492 e. The number of esters is 1. The van der Waals surface area contributed by atoms with Crippen molar-refractivity contribution >= 4 is 75.7 Å². The Bertz CT molecular complexity index is 4240. The second-order valence-corrected chi connectivity index (χ2v) is 29.7. The zero-order valence-electron chi connectivity index (χ0n) is 73.7. The summed E-state index contributed by atoms with van der Waals surface area (Å²) in [5.41, 5.74) is -0.672. The van der Waals surface area contributed by atoms with Crippen LogP contribution in [0, 0.1) is 18.7 Å². The predicted octanol–water partition coefficient (Wildman–Crippen LogP) is 0.411. The van der Waals surface area contributed by atoms with Crippen LogP contribution in [0.25, 0.3) is 22.3 Å². The molecule has 0 bridgehead atoms. The van der Waals surface area contributed by atoms with Crippen LogP contribution >= 0.6 is 0 Å². The molecular weight excluding hydrogens is 1690 g/mol. The quantitative estimate of drug-likeness (QED) is 0.0113. The lowest BCUT2D eigenvalue weighted by molar-refractivity contribution is -0.173. The van der Waals surface area contributed by atoms with E-state index >= 15 is 4.39 Å². The molecule has 8 rings (SSSR count). The molecule has 1 saturated carbocycles. The van der Waals surface area contributed by atoms with Crippen molar-refractivity contribution in [2.24, 2.45) is 5.92 Å². The van der Waals surface area contributed by atoms with Crippen LogP contribution in [0.15, 0.2) is 47.3 Å². The van der Waals surface area contributed by atoms with Crippen LogP contribution in [0.2, 0.25) is 0 Å². The number of benzene rings is 2. The maximum absolute atomic E-state index is 15.1. The van der Waals surface area contributed by atoms with Gasteiger partial charge in [-0.05, 0) is 81.8 Å². The average molecular weight is 1810 g/mol. The Hall–Kier alpha value is -9.55. The number of aliphatic hydroxyl groups is 1. The number of imide groups is 1. The van der Waals surface area contributed by atoms with Gasteiger partial charge in [-0.1, -0.05) is 12.8 Å². The standard InChI is InChI=1S/C86H123FN10O31/c1-57-46-63-66(67-53-96-72(77(67)95-71(63)50-70(57)87)49-69-68(84(96)107)54-128-85(108)86(69,109)51-61-9-10-61)52-90-74(99)55-126-56-91-79(102)58(2)93-81(104)60(4)94-80(103)59(3)92-73(98)8-7-15-127-78-64(82(105)88-13-16-112-22-24-116-30-32-120-38-40-124-44-42-122-36-34-118-28-26-114-20-18-110-5)47-62(97-75(100)11-12-76(97)101)48-65(78)83(106)89-14-17-113-23-25-117-31-33-121-39-41-125-45-43-123-37-35-119-29-27-115-21-19-111-6/h11-12,46-50,58-61,109H,7-10,13-45,51-56H2,1-6H3,(H,88,105)(H,89,106)(H,90,99)(H,91,102)(H,92,98)(H,93,104)(H,94,103)/t58-,59-,60-,86-/m0/s1. The van der Waals surface area contributed by atoms with E-state index in [1.807, 2.05) is 0 Å². The molecule has 0 spiro atoms. The summed E-state index contributed by atoms with van der Waals surface area (Å²) in [7, 11) is 3.22. The Morgan fingerprint density at radius 2 is 0.961 bits per heavy atom. The number of carbonyl (C=O) groups excluding carboxylic acids is 10. The molecule has 128 heavy (non-hydrogen) atoms. The van der Waals surface area contributed by atoms with Gasteiger partial charge in [0.05, 0.1) is 251 Å². The molecular formula is C86H123FN10O31. The smallest absolute Gasteiger partial charge is 0.343 e. The number of nitrogens with one attached hydrogen (secondary N) is 7. The van der Waals surface area contributed by atoms with Crippen LogP contribution in [0.1, 0.15) is 101 Å². The van der Waals surface area contributed by atoms with Crippen molar-refractivity contribution in [2.45, 2.75) is 103 Å². The molecule has 2 aromatic carbocycles. The van der Waals surface area contributed by atoms with Crippen molar-refractivity contribution in [3.63, 3.8) is 0 Å². The van der Waals surface area contributed by atoms with Crippen molar-refractivity contribution in [3.8, 4) is 17.1 Å². The van der Waals surface area contributed by atoms with E-state index in [4.69, 9.17) is 95.0 Å². The summed E-state index contributed by atoms with van der Waals surface area (Å²) in [6, 6.07) is 3.23. The van der Waals surface area contributed by atoms with Gasteiger partial charge in [0.2, 0.25) is 29.5 Å². The van der Waals surface area contributed by atoms with E-state index in [1.165, 1.54) is 43.5 Å². The van der Waals surface area contributed by atoms with Crippen LogP contribution in [-0.4, -0.2) is 337 Å². The molecule has 710 valence electrons. The van der Waals surface area contributed by atoms with Gasteiger partial charge in [0.15, 0.2) is 5.60 Å². The zero-order valence-corrected chi connectivity index (χ0v) is 73.7. The third kappa shape index (κ3) is 34.7. The summed E-state index contributed by atoms with van der Waals surface area (Å²) in [4.78, 5) is 154. The molecule has 41 nitrogen and oxygen atoms in total. The fourth-order valence-corrected chi connectivity index (χ4v) is 13.0. The molecule has 1 aliphatic carbocycles. The number of fused-ring (bicyclic) bond motifs is 5. The molecule has 5 heterocycles. The Morgan fingerprint density at radius 3 is 1.41 bits per heavy atom. The molecule has 8 N–H and O–H groups in total. The maximum atomic E-state index is 15.1. The van der Waals surface area contributed by atoms with E-state index in [-0.39, 0.29) is 157 Å². The van der Waals surface area contributed by atoms with Gasteiger partial charge in [0.25, 0.3) is 29.2 Å². The number of aromatic nitrogens is 2. The highest BCUT2D eigenvalue weighted by molar-refractivity contribution is 6.28. The fourth-order valence-electron chi connectivity index (χ4n) is 13.0. The monoisotopic (exact) mass is 1810 g/mol. The zero-order chi connectivity index (χ0) is 91.8. The summed E-state index contributed by atoms with van der Waals surface area (Å²) < 4.78 is 121. The van der Waals surface area contributed by atoms with E-state index < -0.39 is 108 Å². The summed E-state index contributed by atoms with van der Waals surface area (Å²) in [5.74, 6) is -8.16. The molecule has 1 fully saturated rings. The molecule has 3 aliphatic heterocycles. The van der Waals surface area contributed by atoms with Crippen LogP contribution in [0.3, 0.4) is 0 Å². The number of ether oxygens (including phenoxy) is 19. The van der Waals surface area contributed by atoms with Crippen molar-refractivity contribution in [1.82, 2.24) is 46.8 Å².